The smallest absolute Gasteiger partial charge is 0.300 e. The summed E-state index contributed by atoms with van der Waals surface area (Å²) in [4.78, 5) is 30.6. The van der Waals surface area contributed by atoms with Gasteiger partial charge >= 0.3 is 0 Å². The van der Waals surface area contributed by atoms with Crippen molar-refractivity contribution in [2.75, 3.05) is 11.5 Å². The van der Waals surface area contributed by atoms with Gasteiger partial charge < -0.3 is 14.8 Å². The van der Waals surface area contributed by atoms with Gasteiger partial charge in [-0.15, -0.1) is 0 Å². The number of halogens is 2. The number of Topliss-reactive ketones (excluding diaryl/α,β-unsaturated/α-hetero) is 1. The molecule has 4 aromatic rings. The molecule has 6 nitrogen and oxygen atoms in total. The Kier molecular flexibility index (Phi) is 5.56. The molecule has 1 unspecified atom stereocenters. The Morgan fingerprint density at radius 1 is 1.03 bits per heavy atom. The molecule has 0 radical (unpaired) electrons. The fourth-order valence-electron chi connectivity index (χ4n) is 4.37. The van der Waals surface area contributed by atoms with E-state index < -0.39 is 29.4 Å². The molecule has 1 aromatic heterocycles. The summed E-state index contributed by atoms with van der Waals surface area (Å²) in [6.07, 6.45) is 1.56. The maximum absolute atomic E-state index is 14.1. The second-order valence-corrected chi connectivity index (χ2v) is 8.02. The Hall–Kier alpha value is -4.46. The molecule has 8 heteroatoms. The van der Waals surface area contributed by atoms with Crippen LogP contribution < -0.4 is 9.64 Å². The predicted molar refractivity (Wildman–Crippen MR) is 127 cm³/mol. The van der Waals surface area contributed by atoms with Crippen molar-refractivity contribution in [1.82, 2.24) is 4.98 Å². The van der Waals surface area contributed by atoms with Crippen LogP contribution in [-0.4, -0.2) is 28.4 Å². The number of ketones is 1. The molecule has 1 amide bonds. The summed E-state index contributed by atoms with van der Waals surface area (Å²) < 4.78 is 33.2. The molecule has 2 N–H and O–H groups in total. The highest BCUT2D eigenvalue weighted by Crippen LogP contribution is 2.43. The van der Waals surface area contributed by atoms with E-state index in [1.807, 2.05) is 19.1 Å². The van der Waals surface area contributed by atoms with E-state index in [9.17, 15) is 23.5 Å². The standard InChI is InChI=1S/C27H20F2N2O4/c1-2-35-17-10-7-15(8-11-17)24-23(25(32)19-14-30-22-6-4-3-5-18(19)22)26(33)27(34)31(24)16-9-12-20(28)21(29)13-16/h3-14,24,30,32H,2H2,1H3/b25-23-. The van der Waals surface area contributed by atoms with E-state index in [0.29, 0.717) is 28.9 Å². The molecule has 0 aliphatic carbocycles. The number of para-hydroxylation sites is 1. The lowest BCUT2D eigenvalue weighted by molar-refractivity contribution is -0.132. The Labute approximate surface area is 199 Å². The summed E-state index contributed by atoms with van der Waals surface area (Å²) in [5.74, 6) is -3.93. The summed E-state index contributed by atoms with van der Waals surface area (Å²) in [5, 5.41) is 12.0. The first-order valence-electron chi connectivity index (χ1n) is 11.0. The van der Waals surface area contributed by atoms with E-state index in [4.69, 9.17) is 4.74 Å². The van der Waals surface area contributed by atoms with Crippen molar-refractivity contribution in [2.45, 2.75) is 13.0 Å². The number of carbonyl (C=O) groups is 2. The van der Waals surface area contributed by atoms with Crippen LogP contribution in [-0.2, 0) is 9.59 Å². The Balaban J connectivity index is 1.73. The number of aliphatic hydroxyl groups excluding tert-OH is 1. The molecule has 1 saturated heterocycles. The second-order valence-electron chi connectivity index (χ2n) is 8.02. The molecule has 3 aromatic carbocycles. The maximum Gasteiger partial charge on any atom is 0.300 e. The van der Waals surface area contributed by atoms with Crippen molar-refractivity contribution in [2.24, 2.45) is 0 Å². The lowest BCUT2D eigenvalue weighted by Crippen LogP contribution is -2.29. The van der Waals surface area contributed by atoms with Crippen LogP contribution in [0.25, 0.3) is 16.7 Å². The van der Waals surface area contributed by atoms with Gasteiger partial charge in [-0.3, -0.25) is 14.5 Å². The highest BCUT2D eigenvalue weighted by molar-refractivity contribution is 6.51. The average Bonchev–Trinajstić information content (AvgIpc) is 3.40. The molecule has 5 rings (SSSR count). The number of hydrogen-bond donors (Lipinski definition) is 2. The SMILES string of the molecule is CCOc1ccc(C2/C(=C(/O)c3c[nH]c4ccccc34)C(=O)C(=O)N2c2ccc(F)c(F)c2)cc1. The fraction of sp³-hybridized carbons (Fsp3) is 0.111. The van der Waals surface area contributed by atoms with Crippen LogP contribution in [0.2, 0.25) is 0 Å². The molecular formula is C27H20F2N2O4. The average molecular weight is 474 g/mol. The number of benzene rings is 3. The largest absolute Gasteiger partial charge is 0.507 e. The molecule has 176 valence electrons. The summed E-state index contributed by atoms with van der Waals surface area (Å²) >= 11 is 0. The molecule has 2 heterocycles. The van der Waals surface area contributed by atoms with Crippen molar-refractivity contribution < 1.29 is 28.2 Å². The number of aromatic amines is 1. The molecule has 1 atom stereocenters. The lowest BCUT2D eigenvalue weighted by atomic mass is 9.95. The predicted octanol–water partition coefficient (Wildman–Crippen LogP) is 5.47. The molecular weight excluding hydrogens is 454 g/mol. The molecule has 35 heavy (non-hydrogen) atoms. The quantitative estimate of drug-likeness (QED) is 0.228. The van der Waals surface area contributed by atoms with Gasteiger partial charge in [-0.05, 0) is 42.8 Å². The zero-order chi connectivity index (χ0) is 24.7. The number of aliphatic hydroxyl groups is 1. The zero-order valence-electron chi connectivity index (χ0n) is 18.6. The fourth-order valence-corrected chi connectivity index (χ4v) is 4.37. The van der Waals surface area contributed by atoms with Gasteiger partial charge in [0.15, 0.2) is 11.6 Å². The summed E-state index contributed by atoms with van der Waals surface area (Å²) in [7, 11) is 0. The number of aromatic nitrogens is 1. The highest BCUT2D eigenvalue weighted by Gasteiger charge is 2.47. The monoisotopic (exact) mass is 474 g/mol. The molecule has 1 fully saturated rings. The number of fused-ring (bicyclic) bond motifs is 1. The first kappa shape index (κ1) is 22.3. The van der Waals surface area contributed by atoms with E-state index in [1.165, 1.54) is 6.07 Å². The second kappa shape index (κ2) is 8.72. The number of ether oxygens (including phenoxy) is 1. The lowest BCUT2D eigenvalue weighted by Gasteiger charge is -2.25. The minimum Gasteiger partial charge on any atom is -0.507 e. The third kappa shape index (κ3) is 3.73. The first-order chi connectivity index (χ1) is 16.9. The summed E-state index contributed by atoms with van der Waals surface area (Å²) in [6, 6.07) is 15.8. The molecule has 1 aliphatic heterocycles. The van der Waals surface area contributed by atoms with Crippen LogP contribution in [0.5, 0.6) is 5.75 Å². The number of nitrogens with zero attached hydrogens (tertiary/aromatic N) is 1. The van der Waals surface area contributed by atoms with E-state index in [1.54, 1.807) is 42.6 Å². The van der Waals surface area contributed by atoms with Gasteiger partial charge in [0, 0.05) is 34.4 Å². The van der Waals surface area contributed by atoms with Gasteiger partial charge in [0.2, 0.25) is 0 Å². The van der Waals surface area contributed by atoms with Crippen LogP contribution in [0, 0.1) is 11.6 Å². The Morgan fingerprint density at radius 2 is 1.77 bits per heavy atom. The Morgan fingerprint density at radius 3 is 2.49 bits per heavy atom. The topological polar surface area (TPSA) is 82.6 Å². The van der Waals surface area contributed by atoms with Crippen LogP contribution in [0.15, 0.2) is 78.5 Å². The van der Waals surface area contributed by atoms with E-state index >= 15 is 0 Å². The summed E-state index contributed by atoms with van der Waals surface area (Å²) in [5.41, 5.74) is 1.40. The minimum atomic E-state index is -1.16. The normalized spacial score (nSPS) is 17.3. The van der Waals surface area contributed by atoms with Crippen LogP contribution in [0.3, 0.4) is 0 Å². The van der Waals surface area contributed by atoms with Crippen molar-refractivity contribution in [3.8, 4) is 5.75 Å². The molecule has 0 spiro atoms. The minimum absolute atomic E-state index is 0.0112. The van der Waals surface area contributed by atoms with Gasteiger partial charge in [-0.25, -0.2) is 8.78 Å². The number of nitrogens with one attached hydrogen (secondary N) is 1. The van der Waals surface area contributed by atoms with Crippen molar-refractivity contribution >= 4 is 34.0 Å². The van der Waals surface area contributed by atoms with Crippen LogP contribution in [0.4, 0.5) is 14.5 Å². The number of anilines is 1. The van der Waals surface area contributed by atoms with Gasteiger partial charge in [-0.2, -0.15) is 0 Å². The number of amides is 1. The van der Waals surface area contributed by atoms with Crippen molar-refractivity contribution in [3.63, 3.8) is 0 Å². The Bertz CT molecular complexity index is 1490. The van der Waals surface area contributed by atoms with Crippen molar-refractivity contribution in [1.29, 1.82) is 0 Å². The maximum atomic E-state index is 14.1. The zero-order valence-corrected chi connectivity index (χ0v) is 18.6. The van der Waals surface area contributed by atoms with Crippen LogP contribution in [0.1, 0.15) is 24.1 Å². The van der Waals surface area contributed by atoms with Gasteiger partial charge in [0.25, 0.3) is 11.7 Å². The highest BCUT2D eigenvalue weighted by atomic mass is 19.2. The number of H-pyrrole nitrogens is 1. The number of rotatable bonds is 5. The molecule has 0 saturated carbocycles. The van der Waals surface area contributed by atoms with E-state index in [2.05, 4.69) is 4.98 Å². The van der Waals surface area contributed by atoms with E-state index in [-0.39, 0.29) is 17.0 Å². The van der Waals surface area contributed by atoms with Crippen LogP contribution >= 0.6 is 0 Å². The van der Waals surface area contributed by atoms with Gasteiger partial charge in [-0.1, -0.05) is 30.3 Å². The van der Waals surface area contributed by atoms with E-state index in [0.717, 1.165) is 22.5 Å². The number of hydrogen-bond acceptors (Lipinski definition) is 4. The number of carbonyl (C=O) groups excluding carboxylic acids is 2. The molecule has 1 aliphatic rings. The third-order valence-electron chi connectivity index (χ3n) is 5.98. The summed E-state index contributed by atoms with van der Waals surface area (Å²) in [6.45, 7) is 2.29. The first-order valence-corrected chi connectivity index (χ1v) is 11.0. The van der Waals surface area contributed by atoms with Crippen molar-refractivity contribution in [3.05, 3.63) is 101 Å². The third-order valence-corrected chi connectivity index (χ3v) is 5.98. The van der Waals surface area contributed by atoms with Gasteiger partial charge in [0.1, 0.15) is 11.5 Å². The van der Waals surface area contributed by atoms with Gasteiger partial charge in [0.05, 0.1) is 18.2 Å². The molecule has 0 bridgehead atoms.